The summed E-state index contributed by atoms with van der Waals surface area (Å²) < 4.78 is 16.8. The molecular formula is C65H108O6. The Kier molecular flexibility index (Phi) is 55.4. The molecule has 6 heteroatoms. The van der Waals surface area contributed by atoms with Crippen LogP contribution in [0.15, 0.2) is 109 Å². The molecular weight excluding hydrogens is 877 g/mol. The van der Waals surface area contributed by atoms with Crippen molar-refractivity contribution in [2.75, 3.05) is 13.2 Å². The second-order valence-corrected chi connectivity index (χ2v) is 19.1. The van der Waals surface area contributed by atoms with Gasteiger partial charge in [0.1, 0.15) is 13.2 Å². The zero-order valence-corrected chi connectivity index (χ0v) is 46.2. The van der Waals surface area contributed by atoms with Crippen molar-refractivity contribution in [1.82, 2.24) is 0 Å². The van der Waals surface area contributed by atoms with Crippen LogP contribution in [-0.4, -0.2) is 37.2 Å². The third-order valence-electron chi connectivity index (χ3n) is 12.2. The largest absolute Gasteiger partial charge is 0.462 e. The zero-order chi connectivity index (χ0) is 51.4. The maximum Gasteiger partial charge on any atom is 0.306 e. The van der Waals surface area contributed by atoms with E-state index in [0.717, 1.165) is 116 Å². The molecule has 0 N–H and O–H groups in total. The smallest absolute Gasteiger partial charge is 0.306 e. The molecule has 0 aliphatic rings. The predicted molar refractivity (Wildman–Crippen MR) is 307 cm³/mol. The molecule has 0 spiro atoms. The van der Waals surface area contributed by atoms with Crippen molar-refractivity contribution in [3.05, 3.63) is 109 Å². The molecule has 0 bridgehead atoms. The van der Waals surface area contributed by atoms with E-state index in [1.54, 1.807) is 0 Å². The SMILES string of the molecule is CC/C=C\C/C=C\C/C=C\C/C=C\C/C=C\CCCC(=O)OC[C@H](COC(=O)CCCCCCC/C=C\C/C=C\C/C=C\CC)OC(=O)CCCCCCCCCCCCC/C=C\CCCCCCCC. The van der Waals surface area contributed by atoms with Gasteiger partial charge in [-0.05, 0) is 116 Å². The molecule has 71 heavy (non-hydrogen) atoms. The molecule has 0 radical (unpaired) electrons. The zero-order valence-electron chi connectivity index (χ0n) is 46.2. The molecule has 6 nitrogen and oxygen atoms in total. The molecule has 0 rings (SSSR count). The van der Waals surface area contributed by atoms with E-state index in [-0.39, 0.29) is 37.5 Å². The van der Waals surface area contributed by atoms with Gasteiger partial charge < -0.3 is 14.2 Å². The molecule has 0 aromatic rings. The van der Waals surface area contributed by atoms with Crippen LogP contribution in [0.4, 0.5) is 0 Å². The average Bonchev–Trinajstić information content (AvgIpc) is 3.37. The Morgan fingerprint density at radius 1 is 0.296 bits per heavy atom. The Hall–Kier alpha value is -3.93. The van der Waals surface area contributed by atoms with Gasteiger partial charge in [-0.1, -0.05) is 239 Å². The second kappa shape index (κ2) is 58.6. The number of allylic oxidation sites excluding steroid dienone is 18. The van der Waals surface area contributed by atoms with Crippen LogP contribution in [0.2, 0.25) is 0 Å². The number of hydrogen-bond acceptors (Lipinski definition) is 6. The normalized spacial score (nSPS) is 12.9. The summed E-state index contributed by atoms with van der Waals surface area (Å²) >= 11 is 0. The fourth-order valence-electron chi connectivity index (χ4n) is 7.90. The highest BCUT2D eigenvalue weighted by Gasteiger charge is 2.19. The van der Waals surface area contributed by atoms with E-state index < -0.39 is 6.10 Å². The third kappa shape index (κ3) is 56.9. The van der Waals surface area contributed by atoms with Gasteiger partial charge in [0.25, 0.3) is 0 Å². The highest BCUT2D eigenvalue weighted by Crippen LogP contribution is 2.15. The van der Waals surface area contributed by atoms with Crippen molar-refractivity contribution in [3.63, 3.8) is 0 Å². The minimum Gasteiger partial charge on any atom is -0.462 e. The average molecular weight is 986 g/mol. The molecule has 1 atom stereocenters. The lowest BCUT2D eigenvalue weighted by Gasteiger charge is -2.18. The lowest BCUT2D eigenvalue weighted by atomic mass is 10.0. The first-order valence-electron chi connectivity index (χ1n) is 29.4. The Morgan fingerprint density at radius 3 is 0.930 bits per heavy atom. The molecule has 0 fully saturated rings. The monoisotopic (exact) mass is 985 g/mol. The van der Waals surface area contributed by atoms with Crippen LogP contribution in [0.5, 0.6) is 0 Å². The lowest BCUT2D eigenvalue weighted by Crippen LogP contribution is -2.30. The maximum absolute atomic E-state index is 12.9. The Morgan fingerprint density at radius 2 is 0.563 bits per heavy atom. The fourth-order valence-corrected chi connectivity index (χ4v) is 7.90. The lowest BCUT2D eigenvalue weighted by molar-refractivity contribution is -0.167. The fraction of sp³-hybridized carbons (Fsp3) is 0.677. The molecule has 0 amide bonds. The molecule has 404 valence electrons. The summed E-state index contributed by atoms with van der Waals surface area (Å²) in [5.41, 5.74) is 0. The Bertz CT molecular complexity index is 1460. The molecule has 0 aromatic carbocycles. The van der Waals surface area contributed by atoms with Crippen molar-refractivity contribution < 1.29 is 28.6 Å². The van der Waals surface area contributed by atoms with E-state index in [2.05, 4.69) is 130 Å². The highest BCUT2D eigenvalue weighted by molar-refractivity contribution is 5.71. The standard InChI is InChI=1S/C65H108O6/c1-4-7-10-13-16-19-22-25-28-30-31-32-33-35-38-41-44-47-50-53-56-59-65(68)71-62(60-69-63(66)57-54-51-48-45-42-39-36-27-24-21-18-15-12-9-6-3)61-70-64(67)58-55-52-49-46-43-40-37-34-29-26-23-20-17-14-11-8-5-2/h8-9,11-12,17-18,20-21,25-29,36-37,40,46,49,62H,4-7,10,13-16,19,22-24,30-35,38-39,41-45,47-48,50-61H2,1-3H3/b11-8-,12-9-,20-17-,21-18-,28-25-,29-26-,36-27-,40-37-,49-46-/t62-/m0/s1. The number of esters is 3. The molecule has 0 unspecified atom stereocenters. The van der Waals surface area contributed by atoms with Gasteiger partial charge in [-0.3, -0.25) is 14.4 Å². The van der Waals surface area contributed by atoms with Crippen LogP contribution in [-0.2, 0) is 28.6 Å². The van der Waals surface area contributed by atoms with E-state index in [4.69, 9.17) is 14.2 Å². The van der Waals surface area contributed by atoms with E-state index in [9.17, 15) is 14.4 Å². The summed E-state index contributed by atoms with van der Waals surface area (Å²) in [6.45, 7) is 6.36. The number of ether oxygens (including phenoxy) is 3. The van der Waals surface area contributed by atoms with Crippen LogP contribution in [0.25, 0.3) is 0 Å². The first kappa shape index (κ1) is 67.1. The second-order valence-electron chi connectivity index (χ2n) is 19.1. The summed E-state index contributed by atoms with van der Waals surface area (Å²) in [6.07, 6.45) is 79.5. The topological polar surface area (TPSA) is 78.9 Å². The van der Waals surface area contributed by atoms with Gasteiger partial charge in [-0.2, -0.15) is 0 Å². The third-order valence-corrected chi connectivity index (χ3v) is 12.2. The quantitative estimate of drug-likeness (QED) is 0.0261. The predicted octanol–water partition coefficient (Wildman–Crippen LogP) is 19.9. The molecule has 0 aliphatic carbocycles. The molecule has 0 heterocycles. The van der Waals surface area contributed by atoms with Crippen LogP contribution < -0.4 is 0 Å². The van der Waals surface area contributed by atoms with Gasteiger partial charge in [0, 0.05) is 19.3 Å². The summed E-state index contributed by atoms with van der Waals surface area (Å²) in [4.78, 5) is 38.2. The Balaban J connectivity index is 4.47. The first-order chi connectivity index (χ1) is 35.0. The minimum atomic E-state index is -0.811. The van der Waals surface area contributed by atoms with Gasteiger partial charge >= 0.3 is 17.9 Å². The van der Waals surface area contributed by atoms with Crippen LogP contribution in [0.3, 0.4) is 0 Å². The minimum absolute atomic E-state index is 0.106. The van der Waals surface area contributed by atoms with Crippen LogP contribution >= 0.6 is 0 Å². The van der Waals surface area contributed by atoms with Crippen molar-refractivity contribution in [2.24, 2.45) is 0 Å². The number of carbonyl (C=O) groups excluding carboxylic acids is 3. The Labute approximate surface area is 438 Å². The van der Waals surface area contributed by atoms with Crippen LogP contribution in [0, 0.1) is 0 Å². The number of hydrogen-bond donors (Lipinski definition) is 0. The van der Waals surface area contributed by atoms with E-state index in [1.165, 1.54) is 103 Å². The summed E-state index contributed by atoms with van der Waals surface area (Å²) in [6, 6.07) is 0. The highest BCUT2D eigenvalue weighted by atomic mass is 16.6. The summed E-state index contributed by atoms with van der Waals surface area (Å²) in [5.74, 6) is -0.980. The molecule has 0 aliphatic heterocycles. The van der Waals surface area contributed by atoms with Gasteiger partial charge in [-0.25, -0.2) is 0 Å². The van der Waals surface area contributed by atoms with E-state index in [0.29, 0.717) is 19.3 Å². The van der Waals surface area contributed by atoms with Gasteiger partial charge in [0.2, 0.25) is 0 Å². The number of carbonyl (C=O) groups is 3. The number of unbranched alkanes of at least 4 members (excludes halogenated alkanes) is 23. The summed E-state index contributed by atoms with van der Waals surface area (Å²) in [7, 11) is 0. The molecule has 0 aromatic heterocycles. The van der Waals surface area contributed by atoms with Crippen molar-refractivity contribution in [1.29, 1.82) is 0 Å². The summed E-state index contributed by atoms with van der Waals surface area (Å²) in [5, 5.41) is 0. The van der Waals surface area contributed by atoms with Crippen molar-refractivity contribution in [2.45, 2.75) is 271 Å². The molecule has 0 saturated carbocycles. The van der Waals surface area contributed by atoms with Gasteiger partial charge in [0.15, 0.2) is 6.10 Å². The first-order valence-corrected chi connectivity index (χ1v) is 29.4. The maximum atomic E-state index is 12.9. The van der Waals surface area contributed by atoms with Gasteiger partial charge in [-0.15, -0.1) is 0 Å². The van der Waals surface area contributed by atoms with Gasteiger partial charge in [0.05, 0.1) is 0 Å². The molecule has 0 saturated heterocycles. The van der Waals surface area contributed by atoms with E-state index in [1.807, 2.05) is 0 Å². The van der Waals surface area contributed by atoms with Crippen molar-refractivity contribution >= 4 is 17.9 Å². The van der Waals surface area contributed by atoms with E-state index >= 15 is 0 Å². The number of rotatable bonds is 52. The van der Waals surface area contributed by atoms with Crippen LogP contribution in [0.1, 0.15) is 265 Å². The van der Waals surface area contributed by atoms with Crippen molar-refractivity contribution in [3.8, 4) is 0 Å².